The monoisotopic (exact) mass is 397 g/mol. The van der Waals surface area contributed by atoms with Crippen molar-refractivity contribution in [2.45, 2.75) is 11.4 Å². The second kappa shape index (κ2) is 7.87. The number of sulfonamides is 1. The Hall–Kier alpha value is -2.48. The maximum Gasteiger partial charge on any atom is 0.243 e. The topological polar surface area (TPSA) is 62.7 Å². The van der Waals surface area contributed by atoms with Crippen LogP contribution in [-0.2, 0) is 16.6 Å². The first-order valence-corrected chi connectivity index (χ1v) is 10.7. The number of rotatable bonds is 5. The van der Waals surface area contributed by atoms with E-state index in [2.05, 4.69) is 28.1 Å². The zero-order chi connectivity index (χ0) is 19.6. The van der Waals surface area contributed by atoms with Crippen LogP contribution in [0.25, 0.3) is 10.9 Å². The van der Waals surface area contributed by atoms with Gasteiger partial charge in [0, 0.05) is 44.3 Å². The third-order valence-corrected chi connectivity index (χ3v) is 7.05. The number of ether oxygens (including phenoxy) is 1. The van der Waals surface area contributed by atoms with Gasteiger partial charge in [-0.3, -0.25) is 9.88 Å². The van der Waals surface area contributed by atoms with Gasteiger partial charge in [-0.2, -0.15) is 4.31 Å². The van der Waals surface area contributed by atoms with E-state index in [9.17, 15) is 8.42 Å². The number of para-hydroxylation sites is 1. The van der Waals surface area contributed by atoms with Crippen LogP contribution in [0.5, 0.6) is 5.75 Å². The lowest BCUT2D eigenvalue weighted by Gasteiger charge is -2.34. The fourth-order valence-corrected chi connectivity index (χ4v) is 4.98. The molecule has 0 bridgehead atoms. The number of aromatic nitrogens is 1. The summed E-state index contributed by atoms with van der Waals surface area (Å²) in [5, 5.41) is 1.13. The first kappa shape index (κ1) is 18.9. The number of methoxy groups -OCH3 is 1. The molecule has 1 saturated heterocycles. The maximum atomic E-state index is 12.9. The SMILES string of the molecule is COc1ccc(S(=O)(=O)N2CCN(Cc3cccc4cccnc34)CC2)cc1. The molecule has 0 N–H and O–H groups in total. The van der Waals surface area contributed by atoms with Crippen molar-refractivity contribution in [1.82, 2.24) is 14.2 Å². The predicted molar refractivity (Wildman–Crippen MR) is 109 cm³/mol. The van der Waals surface area contributed by atoms with Gasteiger partial charge in [0.1, 0.15) is 5.75 Å². The molecule has 146 valence electrons. The molecule has 2 heterocycles. The normalized spacial score (nSPS) is 16.3. The molecule has 0 spiro atoms. The molecule has 6 nitrogen and oxygen atoms in total. The molecule has 2 aromatic carbocycles. The maximum absolute atomic E-state index is 12.9. The van der Waals surface area contributed by atoms with E-state index in [1.807, 2.05) is 18.3 Å². The number of piperazine rings is 1. The third kappa shape index (κ3) is 3.73. The second-order valence-electron chi connectivity index (χ2n) is 6.85. The highest BCUT2D eigenvalue weighted by molar-refractivity contribution is 7.89. The highest BCUT2D eigenvalue weighted by Crippen LogP contribution is 2.22. The first-order valence-electron chi connectivity index (χ1n) is 9.27. The lowest BCUT2D eigenvalue weighted by atomic mass is 10.1. The van der Waals surface area contributed by atoms with Crippen LogP contribution in [0.4, 0.5) is 0 Å². The fraction of sp³-hybridized carbons (Fsp3) is 0.286. The summed E-state index contributed by atoms with van der Waals surface area (Å²) in [6.45, 7) is 3.11. The quantitative estimate of drug-likeness (QED) is 0.662. The molecule has 1 fully saturated rings. The summed E-state index contributed by atoms with van der Waals surface area (Å²) in [7, 11) is -1.92. The van der Waals surface area contributed by atoms with Crippen molar-refractivity contribution in [2.75, 3.05) is 33.3 Å². The Bertz CT molecular complexity index is 1050. The molecule has 7 heteroatoms. The zero-order valence-electron chi connectivity index (χ0n) is 15.8. The summed E-state index contributed by atoms with van der Waals surface area (Å²) in [5.41, 5.74) is 2.18. The van der Waals surface area contributed by atoms with E-state index < -0.39 is 10.0 Å². The number of benzene rings is 2. The molecule has 1 aromatic heterocycles. The van der Waals surface area contributed by atoms with Crippen LogP contribution in [-0.4, -0.2) is 55.9 Å². The molecule has 0 atom stereocenters. The highest BCUT2D eigenvalue weighted by atomic mass is 32.2. The van der Waals surface area contributed by atoms with Gasteiger partial charge in [-0.05, 0) is 35.9 Å². The average Bonchev–Trinajstić information content (AvgIpc) is 2.74. The minimum Gasteiger partial charge on any atom is -0.497 e. The zero-order valence-corrected chi connectivity index (χ0v) is 16.6. The standard InChI is InChI=1S/C21H23N3O3S/c1-27-19-7-9-20(10-8-19)28(25,26)24-14-12-23(13-15-24)16-18-5-2-4-17-6-3-11-22-21(17)18/h2-11H,12-16H2,1H3. The van der Waals surface area contributed by atoms with Crippen molar-refractivity contribution in [3.05, 3.63) is 66.4 Å². The van der Waals surface area contributed by atoms with E-state index in [4.69, 9.17) is 4.74 Å². The average molecular weight is 398 g/mol. The summed E-state index contributed by atoms with van der Waals surface area (Å²) in [6, 6.07) is 16.8. The van der Waals surface area contributed by atoms with Crippen molar-refractivity contribution in [1.29, 1.82) is 0 Å². The number of fused-ring (bicyclic) bond motifs is 1. The third-order valence-electron chi connectivity index (χ3n) is 5.14. The van der Waals surface area contributed by atoms with Crippen LogP contribution in [0.3, 0.4) is 0 Å². The molecule has 0 amide bonds. The van der Waals surface area contributed by atoms with Crippen LogP contribution in [0.2, 0.25) is 0 Å². The Morgan fingerprint density at radius 2 is 1.68 bits per heavy atom. The van der Waals surface area contributed by atoms with Gasteiger partial charge in [0.15, 0.2) is 0 Å². The smallest absolute Gasteiger partial charge is 0.243 e. The van der Waals surface area contributed by atoms with Gasteiger partial charge in [0.05, 0.1) is 17.5 Å². The van der Waals surface area contributed by atoms with Crippen molar-refractivity contribution in [3.8, 4) is 5.75 Å². The van der Waals surface area contributed by atoms with Crippen LogP contribution >= 0.6 is 0 Å². The molecule has 0 radical (unpaired) electrons. The van der Waals surface area contributed by atoms with Crippen LogP contribution in [0, 0.1) is 0 Å². The van der Waals surface area contributed by atoms with Crippen LogP contribution in [0.1, 0.15) is 5.56 Å². The molecule has 0 aliphatic carbocycles. The van der Waals surface area contributed by atoms with Crippen molar-refractivity contribution in [2.24, 2.45) is 0 Å². The number of hydrogen-bond acceptors (Lipinski definition) is 5. The van der Waals surface area contributed by atoms with E-state index in [-0.39, 0.29) is 0 Å². The number of pyridine rings is 1. The van der Waals surface area contributed by atoms with Gasteiger partial charge < -0.3 is 4.74 Å². The van der Waals surface area contributed by atoms with Crippen molar-refractivity contribution < 1.29 is 13.2 Å². The van der Waals surface area contributed by atoms with E-state index in [0.29, 0.717) is 36.8 Å². The van der Waals surface area contributed by atoms with Gasteiger partial charge in [-0.15, -0.1) is 0 Å². The minimum absolute atomic E-state index is 0.306. The summed E-state index contributed by atoms with van der Waals surface area (Å²) in [4.78, 5) is 7.10. The molecule has 1 aliphatic heterocycles. The van der Waals surface area contributed by atoms with E-state index >= 15 is 0 Å². The summed E-state index contributed by atoms with van der Waals surface area (Å²) in [5.74, 6) is 0.646. The van der Waals surface area contributed by atoms with E-state index in [1.54, 1.807) is 35.7 Å². The van der Waals surface area contributed by atoms with Gasteiger partial charge in [-0.1, -0.05) is 24.3 Å². The largest absolute Gasteiger partial charge is 0.497 e. The molecule has 4 rings (SSSR count). The first-order chi connectivity index (χ1) is 13.6. The Balaban J connectivity index is 1.44. The lowest BCUT2D eigenvalue weighted by molar-refractivity contribution is 0.182. The van der Waals surface area contributed by atoms with Crippen LogP contribution < -0.4 is 4.74 Å². The van der Waals surface area contributed by atoms with Crippen LogP contribution in [0.15, 0.2) is 65.7 Å². The summed E-state index contributed by atoms with van der Waals surface area (Å²) in [6.07, 6.45) is 1.81. The fourth-order valence-electron chi connectivity index (χ4n) is 3.56. The molecule has 28 heavy (non-hydrogen) atoms. The van der Waals surface area contributed by atoms with Gasteiger partial charge >= 0.3 is 0 Å². The van der Waals surface area contributed by atoms with Crippen molar-refractivity contribution >= 4 is 20.9 Å². The minimum atomic E-state index is -3.48. The van der Waals surface area contributed by atoms with E-state index in [1.165, 1.54) is 5.56 Å². The molecule has 0 saturated carbocycles. The summed E-state index contributed by atoms with van der Waals surface area (Å²) < 4.78 is 32.4. The molecule has 3 aromatic rings. The second-order valence-corrected chi connectivity index (χ2v) is 8.79. The molecular formula is C21H23N3O3S. The molecule has 0 unspecified atom stereocenters. The van der Waals surface area contributed by atoms with E-state index in [0.717, 1.165) is 17.4 Å². The summed E-state index contributed by atoms with van der Waals surface area (Å²) >= 11 is 0. The number of hydrogen-bond donors (Lipinski definition) is 0. The van der Waals surface area contributed by atoms with Gasteiger partial charge in [0.2, 0.25) is 10.0 Å². The Morgan fingerprint density at radius 1 is 0.964 bits per heavy atom. The Labute approximate surface area is 165 Å². The molecule has 1 aliphatic rings. The van der Waals surface area contributed by atoms with Gasteiger partial charge in [0.25, 0.3) is 0 Å². The Kier molecular flexibility index (Phi) is 5.30. The Morgan fingerprint density at radius 3 is 2.39 bits per heavy atom. The predicted octanol–water partition coefficient (Wildman–Crippen LogP) is 2.75. The van der Waals surface area contributed by atoms with Gasteiger partial charge in [-0.25, -0.2) is 8.42 Å². The van der Waals surface area contributed by atoms with Crippen molar-refractivity contribution in [3.63, 3.8) is 0 Å². The molecular weight excluding hydrogens is 374 g/mol. The number of nitrogens with zero attached hydrogens (tertiary/aromatic N) is 3. The highest BCUT2D eigenvalue weighted by Gasteiger charge is 2.28. The lowest BCUT2D eigenvalue weighted by Crippen LogP contribution is -2.48.